The lowest BCUT2D eigenvalue weighted by atomic mass is 10.2. The quantitative estimate of drug-likeness (QED) is 0.386. The Labute approximate surface area is 212 Å². The predicted octanol–water partition coefficient (Wildman–Crippen LogP) is 4.66. The number of benzene rings is 2. The lowest BCUT2D eigenvalue weighted by molar-refractivity contribution is 0.0985. The number of halogens is 1. The highest BCUT2D eigenvalue weighted by Crippen LogP contribution is 2.30. The van der Waals surface area contributed by atoms with Gasteiger partial charge in [0.2, 0.25) is 10.0 Å². The molecule has 1 heterocycles. The van der Waals surface area contributed by atoms with E-state index in [9.17, 15) is 13.2 Å². The molecule has 0 atom stereocenters. The fraction of sp³-hybridized carbons (Fsp3) is 0.417. The number of amides is 1. The van der Waals surface area contributed by atoms with Gasteiger partial charge in [-0.1, -0.05) is 30.7 Å². The number of likely N-dealkylation sites (N-methyl/N-ethyl adjacent to an activating group) is 1. The summed E-state index contributed by atoms with van der Waals surface area (Å²) in [5, 5.41) is 0.637. The van der Waals surface area contributed by atoms with Crippen molar-refractivity contribution in [3.05, 3.63) is 53.6 Å². The average Bonchev–Trinajstić information content (AvgIpc) is 3.19. The van der Waals surface area contributed by atoms with Crippen molar-refractivity contribution in [1.29, 1.82) is 0 Å². The van der Waals surface area contributed by atoms with Gasteiger partial charge < -0.3 is 4.90 Å². The number of fused-ring (bicyclic) bond motifs is 1. The number of hydrogen-bond donors (Lipinski definition) is 0. The second-order valence-corrected chi connectivity index (χ2v) is 11.5. The second-order valence-electron chi connectivity index (χ2n) is 8.43. The molecule has 1 aromatic heterocycles. The van der Waals surface area contributed by atoms with E-state index in [1.165, 1.54) is 27.8 Å². The summed E-state index contributed by atoms with van der Waals surface area (Å²) < 4.78 is 28.0. The number of aromatic nitrogens is 1. The third-order valence-electron chi connectivity index (χ3n) is 5.42. The molecule has 0 saturated carbocycles. The van der Waals surface area contributed by atoms with Gasteiger partial charge in [-0.05, 0) is 69.4 Å². The van der Waals surface area contributed by atoms with Gasteiger partial charge in [-0.25, -0.2) is 17.7 Å². The van der Waals surface area contributed by atoms with Crippen LogP contribution in [0.25, 0.3) is 10.2 Å². The molecule has 10 heteroatoms. The Balaban J connectivity index is 0.00000408. The first-order valence-electron chi connectivity index (χ1n) is 11.0. The molecule has 34 heavy (non-hydrogen) atoms. The molecule has 0 saturated heterocycles. The summed E-state index contributed by atoms with van der Waals surface area (Å²) in [7, 11) is 1.92. The lowest BCUT2D eigenvalue weighted by Crippen LogP contribution is -2.36. The third-order valence-corrected chi connectivity index (χ3v) is 8.33. The molecule has 0 unspecified atom stereocenters. The van der Waals surface area contributed by atoms with Crippen molar-refractivity contribution >= 4 is 55.0 Å². The highest BCUT2D eigenvalue weighted by atomic mass is 35.5. The number of rotatable bonds is 10. The zero-order valence-electron chi connectivity index (χ0n) is 20.3. The first-order chi connectivity index (χ1) is 15.6. The Morgan fingerprint density at radius 3 is 2.29 bits per heavy atom. The molecule has 0 aliphatic carbocycles. The van der Waals surface area contributed by atoms with Gasteiger partial charge in [0.1, 0.15) is 0 Å². The van der Waals surface area contributed by atoms with E-state index < -0.39 is 10.0 Å². The first-order valence-corrected chi connectivity index (χ1v) is 13.3. The minimum atomic E-state index is -3.58. The van der Waals surface area contributed by atoms with Crippen molar-refractivity contribution in [1.82, 2.24) is 14.2 Å². The number of carbonyl (C=O) groups is 1. The molecule has 3 rings (SSSR count). The van der Waals surface area contributed by atoms with E-state index in [1.54, 1.807) is 24.1 Å². The Kier molecular flexibility index (Phi) is 10.0. The van der Waals surface area contributed by atoms with Crippen LogP contribution in [-0.2, 0) is 10.0 Å². The van der Waals surface area contributed by atoms with E-state index >= 15 is 0 Å². The van der Waals surface area contributed by atoms with Crippen molar-refractivity contribution in [2.45, 2.75) is 31.6 Å². The van der Waals surface area contributed by atoms with Crippen LogP contribution in [0.15, 0.2) is 47.4 Å². The van der Waals surface area contributed by atoms with Gasteiger partial charge in [-0.3, -0.25) is 9.69 Å². The maximum Gasteiger partial charge on any atom is 0.260 e. The molecule has 186 valence electrons. The average molecular weight is 525 g/mol. The van der Waals surface area contributed by atoms with Crippen LogP contribution in [0, 0.1) is 6.92 Å². The van der Waals surface area contributed by atoms with Crippen molar-refractivity contribution in [2.75, 3.05) is 45.7 Å². The van der Waals surface area contributed by atoms with Crippen LogP contribution in [0.3, 0.4) is 0 Å². The molecular weight excluding hydrogens is 492 g/mol. The normalized spacial score (nSPS) is 11.7. The van der Waals surface area contributed by atoms with Gasteiger partial charge in [-0.15, -0.1) is 12.4 Å². The van der Waals surface area contributed by atoms with Gasteiger partial charge in [0, 0.05) is 32.2 Å². The van der Waals surface area contributed by atoms with Crippen LogP contribution in [0.5, 0.6) is 0 Å². The summed E-state index contributed by atoms with van der Waals surface area (Å²) in [5.74, 6) is -0.198. The van der Waals surface area contributed by atoms with Crippen LogP contribution >= 0.6 is 23.7 Å². The van der Waals surface area contributed by atoms with Crippen molar-refractivity contribution in [3.8, 4) is 0 Å². The molecular formula is C24H33ClN4O3S2. The summed E-state index contributed by atoms with van der Waals surface area (Å²) in [5.41, 5.74) is 2.43. The number of sulfonamides is 1. The number of nitrogens with zero attached hydrogens (tertiary/aromatic N) is 4. The number of hydrogen-bond acceptors (Lipinski definition) is 6. The maximum absolute atomic E-state index is 13.5. The van der Waals surface area contributed by atoms with Crippen LogP contribution in [0.4, 0.5) is 5.13 Å². The van der Waals surface area contributed by atoms with Crippen LogP contribution in [-0.4, -0.2) is 69.3 Å². The molecule has 0 aliphatic heterocycles. The third kappa shape index (κ3) is 6.55. The van der Waals surface area contributed by atoms with E-state index in [2.05, 4.69) is 11.1 Å². The molecule has 3 aromatic rings. The van der Waals surface area contributed by atoms with Crippen molar-refractivity contribution in [2.24, 2.45) is 0 Å². The summed E-state index contributed by atoms with van der Waals surface area (Å²) in [4.78, 5) is 22.0. The van der Waals surface area contributed by atoms with Crippen molar-refractivity contribution < 1.29 is 13.2 Å². The SMILES string of the molecule is CCCCN(C)S(=O)(=O)c1ccc(C(=O)N(CCN(C)C)c2nc3ccc(C)cc3s2)cc1.Cl. The molecule has 0 spiro atoms. The van der Waals surface area contributed by atoms with Crippen LogP contribution in [0.1, 0.15) is 35.7 Å². The van der Waals surface area contributed by atoms with E-state index in [0.29, 0.717) is 30.3 Å². The minimum absolute atomic E-state index is 0. The Morgan fingerprint density at radius 2 is 1.68 bits per heavy atom. The van der Waals surface area contributed by atoms with Gasteiger partial charge in [-0.2, -0.15) is 0 Å². The number of carbonyl (C=O) groups excluding carboxylic acids is 1. The molecule has 0 bridgehead atoms. The Bertz CT molecular complexity index is 1210. The molecule has 0 fully saturated rings. The fourth-order valence-electron chi connectivity index (χ4n) is 3.33. The van der Waals surface area contributed by atoms with Gasteiger partial charge >= 0.3 is 0 Å². The van der Waals surface area contributed by atoms with Gasteiger partial charge in [0.05, 0.1) is 15.1 Å². The van der Waals surface area contributed by atoms with Gasteiger partial charge in [0.25, 0.3) is 5.91 Å². The lowest BCUT2D eigenvalue weighted by Gasteiger charge is -2.22. The number of anilines is 1. The van der Waals surface area contributed by atoms with E-state index in [4.69, 9.17) is 0 Å². The van der Waals surface area contributed by atoms with E-state index in [0.717, 1.165) is 28.6 Å². The predicted molar refractivity (Wildman–Crippen MR) is 143 cm³/mol. The Hall–Kier alpha value is -2.04. The summed E-state index contributed by atoms with van der Waals surface area (Å²) in [6.07, 6.45) is 1.72. The van der Waals surface area contributed by atoms with E-state index in [-0.39, 0.29) is 23.2 Å². The molecule has 7 nitrogen and oxygen atoms in total. The smallest absolute Gasteiger partial charge is 0.260 e. The zero-order valence-corrected chi connectivity index (χ0v) is 22.8. The maximum atomic E-state index is 13.5. The molecule has 0 radical (unpaired) electrons. The number of unbranched alkanes of at least 4 members (excludes halogenated alkanes) is 1. The largest absolute Gasteiger partial charge is 0.308 e. The number of thiazole rings is 1. The summed E-state index contributed by atoms with van der Waals surface area (Å²) >= 11 is 1.49. The molecule has 0 N–H and O–H groups in total. The van der Waals surface area contributed by atoms with Crippen molar-refractivity contribution in [3.63, 3.8) is 0 Å². The highest BCUT2D eigenvalue weighted by molar-refractivity contribution is 7.89. The fourth-order valence-corrected chi connectivity index (χ4v) is 5.62. The molecule has 0 aliphatic rings. The monoisotopic (exact) mass is 524 g/mol. The second kappa shape index (κ2) is 12.1. The molecule has 2 aromatic carbocycles. The minimum Gasteiger partial charge on any atom is -0.308 e. The zero-order chi connectivity index (χ0) is 24.2. The van der Waals surface area contributed by atoms with E-state index in [1.807, 2.05) is 45.0 Å². The first kappa shape index (κ1) is 28.2. The topological polar surface area (TPSA) is 73.8 Å². The Morgan fingerprint density at radius 1 is 1.00 bits per heavy atom. The standard InChI is InChI=1S/C24H32N4O3S2.ClH/c1-6-7-14-27(5)33(30,31)20-11-9-19(10-12-20)23(29)28(16-15-26(3)4)24-25-21-13-8-18(2)17-22(21)32-24;/h8-13,17H,6-7,14-16H2,1-5H3;1H. The number of aryl methyl sites for hydroxylation is 1. The summed E-state index contributed by atoms with van der Waals surface area (Å²) in [6.45, 7) is 5.67. The summed E-state index contributed by atoms with van der Waals surface area (Å²) in [6, 6.07) is 12.2. The highest BCUT2D eigenvalue weighted by Gasteiger charge is 2.24. The van der Waals surface area contributed by atoms with Crippen LogP contribution in [0.2, 0.25) is 0 Å². The van der Waals surface area contributed by atoms with Crippen LogP contribution < -0.4 is 4.90 Å². The molecule has 1 amide bonds. The van der Waals surface area contributed by atoms with Gasteiger partial charge in [0.15, 0.2) is 5.13 Å².